The van der Waals surface area contributed by atoms with E-state index in [2.05, 4.69) is 0 Å². The Morgan fingerprint density at radius 2 is 1.07 bits per heavy atom. The number of hydrogen-bond donors (Lipinski definition) is 0. The third-order valence-corrected chi connectivity index (χ3v) is 8.52. The van der Waals surface area contributed by atoms with Gasteiger partial charge in [-0.1, -0.05) is 139 Å². The van der Waals surface area contributed by atoms with Crippen molar-refractivity contribution in [3.05, 3.63) is 193 Å². The summed E-state index contributed by atoms with van der Waals surface area (Å²) in [5.74, 6) is 0. The smallest absolute Gasteiger partial charge is 0.213 e. The van der Waals surface area contributed by atoms with E-state index in [1.807, 2.05) is 0 Å². The fraction of sp³-hybridized carbons (Fsp3) is 0. The maximum absolute atomic E-state index is 9.88. The molecule has 0 atom stereocenters. The molecular weight excluding hydrogens is 661 g/mol. The van der Waals surface area contributed by atoms with Gasteiger partial charge in [0.15, 0.2) is 5.58 Å². The van der Waals surface area contributed by atoms with Crippen molar-refractivity contribution < 1.29 is 50.0 Å². The number of hydrogen-bond acceptors (Lipinski definition) is 3. The standard InChI is InChI=1S/C50H32N2O2/c1-3-13-33(14-4-1)34-25-29-37(30-26-34)51(44-22-12-20-41-40-17-7-9-23-45(40)53-49(41)44)38-31-27-35(28-32-38)39-19-11-21-43-47-42-18-8-10-24-46(42)54-50(47)52(48(39)43)36-15-5-2-6-16-36/h1-32H/i1D,2D,3D,4D,5D,6D,7D,8D,9D,10D,11D,12D,13D,14D,15D,16D,17D,18D,19D,20D,21D,22D,23D,24D,25D,27D,28D,29D,31D,32D. The average Bonchev–Trinajstić information content (AvgIpc) is 1.66. The van der Waals surface area contributed by atoms with Crippen LogP contribution in [0.25, 0.3) is 82.9 Å². The highest BCUT2D eigenvalue weighted by Crippen LogP contribution is 2.45. The minimum atomic E-state index is -1.20. The zero-order chi connectivity index (χ0) is 61.7. The van der Waals surface area contributed by atoms with Crippen molar-refractivity contribution >= 4 is 72.0 Å². The first-order valence-electron chi connectivity index (χ1n) is 30.8. The van der Waals surface area contributed by atoms with E-state index in [4.69, 9.17) is 36.2 Å². The number of furan rings is 2. The van der Waals surface area contributed by atoms with Crippen molar-refractivity contribution in [3.63, 3.8) is 0 Å². The fourth-order valence-electron chi connectivity index (χ4n) is 6.26. The Labute approximate surface area is 353 Å². The summed E-state index contributed by atoms with van der Waals surface area (Å²) in [6.45, 7) is 0. The molecule has 0 unspecified atom stereocenters. The van der Waals surface area contributed by atoms with Crippen LogP contribution in [0.3, 0.4) is 0 Å². The van der Waals surface area contributed by atoms with Crippen molar-refractivity contribution in [2.24, 2.45) is 0 Å². The van der Waals surface area contributed by atoms with Gasteiger partial charge in [0.25, 0.3) is 0 Å². The first-order chi connectivity index (χ1) is 39.3. The lowest BCUT2D eigenvalue weighted by Gasteiger charge is -2.26. The van der Waals surface area contributed by atoms with Gasteiger partial charge in [-0.2, -0.15) is 0 Å². The van der Waals surface area contributed by atoms with Crippen LogP contribution in [0.5, 0.6) is 0 Å². The Bertz CT molecular complexity index is 4840. The number of rotatable bonds is 6. The van der Waals surface area contributed by atoms with Crippen molar-refractivity contribution in [2.45, 2.75) is 0 Å². The Hall–Kier alpha value is -7.30. The van der Waals surface area contributed by atoms with Crippen LogP contribution < -0.4 is 4.90 Å². The molecule has 0 amide bonds. The Morgan fingerprint density at radius 3 is 1.89 bits per heavy atom. The molecule has 11 rings (SSSR count). The van der Waals surface area contributed by atoms with Gasteiger partial charge >= 0.3 is 0 Å². The van der Waals surface area contributed by atoms with E-state index in [0.717, 1.165) is 16.7 Å². The number of para-hydroxylation sites is 5. The molecular formula is C50H32N2O2. The summed E-state index contributed by atoms with van der Waals surface area (Å²) in [4.78, 5) is 0.625. The molecule has 0 N–H and O–H groups in total. The van der Waals surface area contributed by atoms with Gasteiger partial charge in [-0.25, -0.2) is 0 Å². The van der Waals surface area contributed by atoms with Gasteiger partial charge in [0.1, 0.15) is 11.2 Å². The maximum atomic E-state index is 9.88. The highest BCUT2D eigenvalue weighted by molar-refractivity contribution is 6.22. The minimum absolute atomic E-state index is 0.429. The molecule has 54 heavy (non-hydrogen) atoms. The van der Waals surface area contributed by atoms with E-state index in [1.54, 1.807) is 0 Å². The lowest BCUT2D eigenvalue weighted by atomic mass is 10.0. The fourth-order valence-corrected chi connectivity index (χ4v) is 6.26. The summed E-state index contributed by atoms with van der Waals surface area (Å²) >= 11 is 0. The van der Waals surface area contributed by atoms with Gasteiger partial charge in [0.2, 0.25) is 5.71 Å². The predicted molar refractivity (Wildman–Crippen MR) is 223 cm³/mol. The number of anilines is 3. The quantitative estimate of drug-likeness (QED) is 0.171. The highest BCUT2D eigenvalue weighted by atomic mass is 16.3. The van der Waals surface area contributed by atoms with E-state index in [9.17, 15) is 13.7 Å². The minimum Gasteiger partial charge on any atom is -0.454 e. The lowest BCUT2D eigenvalue weighted by Crippen LogP contribution is -2.10. The molecule has 11 aromatic rings. The molecule has 4 heteroatoms. The normalized spacial score (nSPS) is 19.5. The second-order valence-electron chi connectivity index (χ2n) is 11.4. The van der Waals surface area contributed by atoms with Crippen LogP contribution in [0.1, 0.15) is 41.1 Å². The molecule has 0 radical (unpaired) electrons. The average molecular weight is 723 g/mol. The monoisotopic (exact) mass is 722 g/mol. The van der Waals surface area contributed by atoms with Crippen LogP contribution in [0.4, 0.5) is 17.1 Å². The van der Waals surface area contributed by atoms with Crippen LogP contribution in [0, 0.1) is 0 Å². The topological polar surface area (TPSA) is 34.5 Å². The molecule has 0 spiro atoms. The van der Waals surface area contributed by atoms with Crippen molar-refractivity contribution in [2.75, 3.05) is 4.90 Å². The van der Waals surface area contributed by atoms with Crippen LogP contribution >= 0.6 is 0 Å². The second-order valence-corrected chi connectivity index (χ2v) is 11.4. The number of benzene rings is 8. The van der Waals surface area contributed by atoms with Crippen LogP contribution in [-0.4, -0.2) is 4.57 Å². The largest absolute Gasteiger partial charge is 0.454 e. The molecule has 3 heterocycles. The van der Waals surface area contributed by atoms with Gasteiger partial charge in [-0.15, -0.1) is 0 Å². The maximum Gasteiger partial charge on any atom is 0.213 e. The number of aromatic nitrogens is 1. The van der Waals surface area contributed by atoms with Crippen LogP contribution in [0.2, 0.25) is 0 Å². The molecule has 3 aromatic heterocycles. The third kappa shape index (κ3) is 4.70. The summed E-state index contributed by atoms with van der Waals surface area (Å²) in [5.41, 5.74) is -9.28. The van der Waals surface area contributed by atoms with E-state index >= 15 is 0 Å². The zero-order valence-corrected chi connectivity index (χ0v) is 26.9. The molecule has 254 valence electrons. The van der Waals surface area contributed by atoms with E-state index < -0.39 is 281 Å². The molecule has 0 saturated heterocycles. The molecule has 0 aliphatic carbocycles. The molecule has 0 aliphatic rings. The van der Waals surface area contributed by atoms with Crippen LogP contribution in [0.15, 0.2) is 202 Å². The molecule has 8 aromatic carbocycles. The molecule has 0 aliphatic heterocycles. The zero-order valence-electron chi connectivity index (χ0n) is 56.9. The SMILES string of the molecule is [2H]c1c(-c2c([2H])c([2H])c([2H])c([2H])c2[2H])ccc(N(c2c([2H])c([2H])c(-c3c([2H])c([2H])c([2H])c4c5c6c([2H])c([2H])c([2H])c([2H])c6oc5n(-c5c([2H])c([2H])c([2H])c([2H])c5[2H])c34)c([2H])c2[2H])c2c([2H])c([2H])c([2H])c3c2oc2c([2H])c([2H])c([2H])c([2H])c23)c1[2H]. The number of fused-ring (bicyclic) bond motifs is 8. The van der Waals surface area contributed by atoms with Crippen molar-refractivity contribution in [1.29, 1.82) is 0 Å². The van der Waals surface area contributed by atoms with Crippen molar-refractivity contribution in [1.82, 2.24) is 4.57 Å². The van der Waals surface area contributed by atoms with E-state index in [1.165, 1.54) is 0 Å². The summed E-state index contributed by atoms with van der Waals surface area (Å²) in [7, 11) is 0. The van der Waals surface area contributed by atoms with Crippen molar-refractivity contribution in [3.8, 4) is 27.9 Å². The van der Waals surface area contributed by atoms with E-state index in [-0.39, 0.29) is 0 Å². The van der Waals surface area contributed by atoms with Gasteiger partial charge in [-0.05, 0) is 71.1 Å². The van der Waals surface area contributed by atoms with Gasteiger partial charge < -0.3 is 13.7 Å². The van der Waals surface area contributed by atoms with E-state index in [0.29, 0.717) is 4.90 Å². The molecule has 0 saturated carbocycles. The first kappa shape index (κ1) is 13.0. The molecule has 0 bridgehead atoms. The molecule has 0 fully saturated rings. The Kier molecular flexibility index (Phi) is 2.92. The summed E-state index contributed by atoms with van der Waals surface area (Å²) in [6, 6.07) is -25.6. The van der Waals surface area contributed by atoms with Gasteiger partial charge in [0, 0.05) is 44.2 Å². The third-order valence-electron chi connectivity index (χ3n) is 8.52. The second kappa shape index (κ2) is 12.1. The first-order valence-corrected chi connectivity index (χ1v) is 15.8. The molecule has 4 nitrogen and oxygen atoms in total. The van der Waals surface area contributed by atoms with Crippen LogP contribution in [-0.2, 0) is 0 Å². The summed E-state index contributed by atoms with van der Waals surface area (Å²) < 4.78 is 282. The summed E-state index contributed by atoms with van der Waals surface area (Å²) in [6.07, 6.45) is 0. The van der Waals surface area contributed by atoms with Gasteiger partial charge in [0.05, 0.1) is 57.7 Å². The summed E-state index contributed by atoms with van der Waals surface area (Å²) in [5, 5.41) is -2.47. The Balaban J connectivity index is 1.33. The lowest BCUT2D eigenvalue weighted by molar-refractivity contribution is 0.645. The number of nitrogens with zero attached hydrogens (tertiary/aromatic N) is 2. The Morgan fingerprint density at radius 1 is 0.444 bits per heavy atom. The highest BCUT2D eigenvalue weighted by Gasteiger charge is 2.23. The van der Waals surface area contributed by atoms with Gasteiger partial charge in [-0.3, -0.25) is 4.57 Å². The predicted octanol–water partition coefficient (Wildman–Crippen LogP) is 14.2.